The number of likely N-dealkylation sites (tertiary alicyclic amines) is 1. The normalized spacial score (nSPS) is 17.5. The summed E-state index contributed by atoms with van der Waals surface area (Å²) in [5.41, 5.74) is 6.16. The number of amides is 1. The van der Waals surface area contributed by atoms with E-state index in [9.17, 15) is 4.79 Å². The van der Waals surface area contributed by atoms with Crippen molar-refractivity contribution in [2.45, 2.75) is 64.8 Å². The van der Waals surface area contributed by atoms with E-state index in [2.05, 4.69) is 38.9 Å². The monoisotopic (exact) mass is 435 g/mol. The number of benzene rings is 1. The molecule has 1 aromatic carbocycles. The standard InChI is InChI=1S/C25H33N5O2/c1-2-30-24-11-14-32-17-21(24)23(28-30)16-29-12-9-19(10-13-29)27-25(31)8-7-18-15-26-22-6-4-3-5-20(18)22/h3-6,15,19,26H,2,7-14,16-17H2,1H3,(H,27,31). The molecule has 2 aromatic heterocycles. The Hall–Kier alpha value is -2.64. The van der Waals surface area contributed by atoms with Gasteiger partial charge in [0.2, 0.25) is 5.91 Å². The molecule has 2 N–H and O–H groups in total. The van der Waals surface area contributed by atoms with Crippen molar-refractivity contribution in [3.8, 4) is 0 Å². The van der Waals surface area contributed by atoms with Crippen LogP contribution in [-0.2, 0) is 42.1 Å². The molecule has 1 fully saturated rings. The molecule has 5 rings (SSSR count). The van der Waals surface area contributed by atoms with Gasteiger partial charge in [-0.15, -0.1) is 0 Å². The molecule has 3 aromatic rings. The van der Waals surface area contributed by atoms with E-state index in [0.717, 1.165) is 64.0 Å². The lowest BCUT2D eigenvalue weighted by molar-refractivity contribution is -0.122. The first-order valence-corrected chi connectivity index (χ1v) is 11.9. The van der Waals surface area contributed by atoms with Crippen LogP contribution < -0.4 is 5.32 Å². The minimum Gasteiger partial charge on any atom is -0.376 e. The van der Waals surface area contributed by atoms with Crippen molar-refractivity contribution >= 4 is 16.8 Å². The topological polar surface area (TPSA) is 75.2 Å². The Labute approximate surface area is 189 Å². The maximum atomic E-state index is 12.5. The molecule has 2 aliphatic heterocycles. The summed E-state index contributed by atoms with van der Waals surface area (Å²) in [5, 5.41) is 9.34. The summed E-state index contributed by atoms with van der Waals surface area (Å²) in [6, 6.07) is 8.53. The van der Waals surface area contributed by atoms with E-state index >= 15 is 0 Å². The minimum atomic E-state index is 0.154. The molecule has 0 aliphatic carbocycles. The van der Waals surface area contributed by atoms with Crippen LogP contribution >= 0.6 is 0 Å². The number of nitrogens with zero attached hydrogens (tertiary/aromatic N) is 3. The van der Waals surface area contributed by atoms with E-state index in [0.29, 0.717) is 13.0 Å². The highest BCUT2D eigenvalue weighted by Gasteiger charge is 2.25. The minimum absolute atomic E-state index is 0.154. The molecule has 0 saturated carbocycles. The van der Waals surface area contributed by atoms with Crippen LogP contribution in [0.5, 0.6) is 0 Å². The first-order chi connectivity index (χ1) is 15.7. The smallest absolute Gasteiger partial charge is 0.220 e. The Bertz CT molecular complexity index is 1080. The molecule has 7 nitrogen and oxygen atoms in total. The third-order valence-corrected chi connectivity index (χ3v) is 6.90. The zero-order chi connectivity index (χ0) is 21.9. The van der Waals surface area contributed by atoms with Gasteiger partial charge in [-0.3, -0.25) is 14.4 Å². The van der Waals surface area contributed by atoms with Gasteiger partial charge in [-0.1, -0.05) is 18.2 Å². The van der Waals surface area contributed by atoms with Crippen LogP contribution in [0.1, 0.15) is 48.7 Å². The van der Waals surface area contributed by atoms with Gasteiger partial charge in [-0.05, 0) is 37.8 Å². The molecule has 1 saturated heterocycles. The summed E-state index contributed by atoms with van der Waals surface area (Å²) in [4.78, 5) is 18.3. The molecule has 0 spiro atoms. The first-order valence-electron chi connectivity index (χ1n) is 11.9. The molecule has 0 bridgehead atoms. The van der Waals surface area contributed by atoms with Crippen LogP contribution in [0.25, 0.3) is 10.9 Å². The summed E-state index contributed by atoms with van der Waals surface area (Å²) in [7, 11) is 0. The van der Waals surface area contributed by atoms with Gasteiger partial charge in [0, 0.05) is 73.4 Å². The predicted molar refractivity (Wildman–Crippen MR) is 124 cm³/mol. The van der Waals surface area contributed by atoms with E-state index in [-0.39, 0.29) is 11.9 Å². The predicted octanol–water partition coefficient (Wildman–Crippen LogP) is 3.17. The quantitative estimate of drug-likeness (QED) is 0.598. The van der Waals surface area contributed by atoms with E-state index in [4.69, 9.17) is 9.84 Å². The number of aromatic nitrogens is 3. The maximum Gasteiger partial charge on any atom is 0.220 e. The molecule has 2 aliphatic rings. The second-order valence-electron chi connectivity index (χ2n) is 8.97. The van der Waals surface area contributed by atoms with Crippen LogP contribution in [0.2, 0.25) is 0 Å². The fourth-order valence-corrected chi connectivity index (χ4v) is 5.10. The number of carbonyl (C=O) groups is 1. The Morgan fingerprint density at radius 2 is 2.12 bits per heavy atom. The van der Waals surface area contributed by atoms with Gasteiger partial charge < -0.3 is 15.0 Å². The van der Waals surface area contributed by atoms with Crippen LogP contribution in [0.15, 0.2) is 30.5 Å². The molecule has 4 heterocycles. The van der Waals surface area contributed by atoms with Crippen LogP contribution in [-0.4, -0.2) is 51.3 Å². The molecule has 0 radical (unpaired) electrons. The number of rotatable bonds is 7. The molecule has 1 amide bonds. The van der Waals surface area contributed by atoms with Crippen molar-refractivity contribution in [1.82, 2.24) is 25.0 Å². The number of hydrogen-bond acceptors (Lipinski definition) is 4. The van der Waals surface area contributed by atoms with E-state index < -0.39 is 0 Å². The Balaban J connectivity index is 1.10. The Kier molecular flexibility index (Phi) is 6.28. The molecule has 32 heavy (non-hydrogen) atoms. The maximum absolute atomic E-state index is 12.5. The second-order valence-corrected chi connectivity index (χ2v) is 8.97. The highest BCUT2D eigenvalue weighted by Crippen LogP contribution is 2.24. The molecular formula is C25H33N5O2. The third-order valence-electron chi connectivity index (χ3n) is 6.90. The molecule has 0 atom stereocenters. The van der Waals surface area contributed by atoms with Gasteiger partial charge in [0.1, 0.15) is 0 Å². The lowest BCUT2D eigenvalue weighted by Gasteiger charge is -2.32. The highest BCUT2D eigenvalue weighted by atomic mass is 16.5. The zero-order valence-corrected chi connectivity index (χ0v) is 18.9. The summed E-state index contributed by atoms with van der Waals surface area (Å²) in [6.07, 6.45) is 6.27. The molecule has 0 unspecified atom stereocenters. The largest absolute Gasteiger partial charge is 0.376 e. The number of fused-ring (bicyclic) bond motifs is 2. The lowest BCUT2D eigenvalue weighted by atomic mass is 10.0. The SMILES string of the molecule is CCn1nc(CN2CCC(NC(=O)CCc3c[nH]c4ccccc34)CC2)c2c1CCOC2. The van der Waals surface area contributed by atoms with E-state index in [1.807, 2.05) is 18.3 Å². The number of aromatic amines is 1. The Morgan fingerprint density at radius 3 is 2.97 bits per heavy atom. The third kappa shape index (κ3) is 4.45. The van der Waals surface area contributed by atoms with Crippen LogP contribution in [0.4, 0.5) is 0 Å². The summed E-state index contributed by atoms with van der Waals surface area (Å²) >= 11 is 0. The molecular weight excluding hydrogens is 402 g/mol. The van der Waals surface area contributed by atoms with Crippen molar-refractivity contribution in [2.24, 2.45) is 0 Å². The van der Waals surface area contributed by atoms with Crippen molar-refractivity contribution in [3.63, 3.8) is 0 Å². The van der Waals surface area contributed by atoms with Gasteiger partial charge in [0.15, 0.2) is 0 Å². The van der Waals surface area contributed by atoms with Gasteiger partial charge in [-0.25, -0.2) is 0 Å². The number of nitrogens with one attached hydrogen (secondary N) is 2. The number of aryl methyl sites for hydroxylation is 2. The van der Waals surface area contributed by atoms with E-state index in [1.54, 1.807) is 0 Å². The summed E-state index contributed by atoms with van der Waals surface area (Å²) in [6.45, 7) is 7.40. The first kappa shape index (κ1) is 21.2. The average Bonchev–Trinajstić information content (AvgIpc) is 3.40. The second kappa shape index (κ2) is 9.46. The van der Waals surface area contributed by atoms with Crippen LogP contribution in [0.3, 0.4) is 0 Å². The van der Waals surface area contributed by atoms with Crippen molar-refractivity contribution in [2.75, 3.05) is 19.7 Å². The van der Waals surface area contributed by atoms with Crippen molar-refractivity contribution in [1.29, 1.82) is 0 Å². The molecule has 170 valence electrons. The number of para-hydroxylation sites is 1. The van der Waals surface area contributed by atoms with Crippen molar-refractivity contribution in [3.05, 3.63) is 53.0 Å². The van der Waals surface area contributed by atoms with Gasteiger partial charge in [-0.2, -0.15) is 5.10 Å². The number of hydrogen-bond donors (Lipinski definition) is 2. The van der Waals surface area contributed by atoms with Gasteiger partial charge in [0.25, 0.3) is 0 Å². The number of piperidine rings is 1. The zero-order valence-electron chi connectivity index (χ0n) is 18.9. The highest BCUT2D eigenvalue weighted by molar-refractivity contribution is 5.84. The molecule has 7 heteroatoms. The number of ether oxygens (including phenoxy) is 1. The fourth-order valence-electron chi connectivity index (χ4n) is 5.10. The van der Waals surface area contributed by atoms with Crippen LogP contribution in [0, 0.1) is 0 Å². The number of carbonyl (C=O) groups excluding carboxylic acids is 1. The lowest BCUT2D eigenvalue weighted by Crippen LogP contribution is -2.44. The Morgan fingerprint density at radius 1 is 1.28 bits per heavy atom. The van der Waals surface area contributed by atoms with E-state index in [1.165, 1.54) is 27.9 Å². The van der Waals surface area contributed by atoms with Gasteiger partial charge in [0.05, 0.1) is 18.9 Å². The van der Waals surface area contributed by atoms with Gasteiger partial charge >= 0.3 is 0 Å². The summed E-state index contributed by atoms with van der Waals surface area (Å²) < 4.78 is 7.84. The fraction of sp³-hybridized carbons (Fsp3) is 0.520. The summed E-state index contributed by atoms with van der Waals surface area (Å²) in [5.74, 6) is 0.154. The van der Waals surface area contributed by atoms with Crippen molar-refractivity contribution < 1.29 is 9.53 Å². The number of H-pyrrole nitrogens is 1. The average molecular weight is 436 g/mol.